The second-order valence-electron chi connectivity index (χ2n) is 5.26. The van der Waals surface area contributed by atoms with Gasteiger partial charge in [-0.3, -0.25) is 4.79 Å². The zero-order valence-corrected chi connectivity index (χ0v) is 12.4. The van der Waals surface area contributed by atoms with E-state index in [4.69, 9.17) is 0 Å². The molecule has 0 fully saturated rings. The molecular weight excluding hydrogens is 278 g/mol. The first-order valence-corrected chi connectivity index (χ1v) is 7.11. The average Bonchev–Trinajstić information content (AvgIpc) is 2.91. The summed E-state index contributed by atoms with van der Waals surface area (Å²) in [5, 5.41) is 10.2. The van der Waals surface area contributed by atoms with Gasteiger partial charge >= 0.3 is 0 Å². The van der Waals surface area contributed by atoms with E-state index in [0.29, 0.717) is 17.0 Å². The van der Waals surface area contributed by atoms with Crippen molar-refractivity contribution in [1.82, 2.24) is 19.9 Å². The van der Waals surface area contributed by atoms with E-state index in [2.05, 4.69) is 20.7 Å². The van der Waals surface area contributed by atoms with Crippen LogP contribution in [0.4, 0.5) is 11.5 Å². The number of nitrogens with one attached hydrogen (secondary N) is 2. The summed E-state index contributed by atoms with van der Waals surface area (Å²) >= 11 is 0. The van der Waals surface area contributed by atoms with Crippen molar-refractivity contribution in [3.05, 3.63) is 54.4 Å². The standard InChI is InChI=1S/C16H17N5O/c1-11(2)18-16(22)13-10-17-21-9-8-14(20-15(13)21)19-12-6-4-3-5-7-12/h3-11H,1-2H3,(H,18,22)(H,19,20). The minimum atomic E-state index is -0.172. The summed E-state index contributed by atoms with van der Waals surface area (Å²) in [5.74, 6) is 0.493. The Balaban J connectivity index is 1.93. The van der Waals surface area contributed by atoms with Crippen LogP contribution in [0.2, 0.25) is 0 Å². The molecular formula is C16H17N5O. The average molecular weight is 295 g/mol. The van der Waals surface area contributed by atoms with E-state index in [1.807, 2.05) is 50.2 Å². The van der Waals surface area contributed by atoms with Crippen LogP contribution in [0.1, 0.15) is 24.2 Å². The van der Waals surface area contributed by atoms with Crippen LogP contribution in [0.5, 0.6) is 0 Å². The van der Waals surface area contributed by atoms with Crippen LogP contribution < -0.4 is 10.6 Å². The molecule has 0 radical (unpaired) electrons. The monoisotopic (exact) mass is 295 g/mol. The number of anilines is 2. The molecule has 0 aliphatic heterocycles. The van der Waals surface area contributed by atoms with E-state index in [1.54, 1.807) is 10.7 Å². The molecule has 1 aromatic carbocycles. The van der Waals surface area contributed by atoms with Gasteiger partial charge in [0.1, 0.15) is 11.4 Å². The Kier molecular flexibility index (Phi) is 3.74. The van der Waals surface area contributed by atoms with E-state index in [9.17, 15) is 4.79 Å². The second kappa shape index (κ2) is 5.85. The Bertz CT molecular complexity index is 795. The fourth-order valence-corrected chi connectivity index (χ4v) is 2.11. The number of amides is 1. The SMILES string of the molecule is CC(C)NC(=O)c1cnn2ccc(Nc3ccccc3)nc12. The molecule has 0 saturated carbocycles. The minimum absolute atomic E-state index is 0.0630. The molecule has 0 spiro atoms. The molecule has 112 valence electrons. The Labute approximate surface area is 128 Å². The molecule has 0 bridgehead atoms. The maximum absolute atomic E-state index is 12.2. The lowest BCUT2D eigenvalue weighted by Gasteiger charge is -2.08. The predicted octanol–water partition coefficient (Wildman–Crippen LogP) is 2.61. The Hall–Kier alpha value is -2.89. The molecule has 0 aliphatic carbocycles. The Morgan fingerprint density at radius 3 is 2.68 bits per heavy atom. The van der Waals surface area contributed by atoms with Gasteiger partial charge in [-0.05, 0) is 32.0 Å². The van der Waals surface area contributed by atoms with Crippen molar-refractivity contribution in [2.45, 2.75) is 19.9 Å². The highest BCUT2D eigenvalue weighted by molar-refractivity contribution is 5.99. The highest BCUT2D eigenvalue weighted by atomic mass is 16.1. The third kappa shape index (κ3) is 2.90. The number of rotatable bonds is 4. The maximum Gasteiger partial charge on any atom is 0.256 e. The van der Waals surface area contributed by atoms with Crippen molar-refractivity contribution in [3.8, 4) is 0 Å². The zero-order chi connectivity index (χ0) is 15.5. The summed E-state index contributed by atoms with van der Waals surface area (Å²) in [7, 11) is 0. The summed E-state index contributed by atoms with van der Waals surface area (Å²) < 4.78 is 1.59. The normalized spacial score (nSPS) is 10.9. The molecule has 6 heteroatoms. The molecule has 2 aromatic heterocycles. The first-order chi connectivity index (χ1) is 10.6. The van der Waals surface area contributed by atoms with E-state index >= 15 is 0 Å². The number of para-hydroxylation sites is 1. The van der Waals surface area contributed by atoms with Crippen molar-refractivity contribution in [2.24, 2.45) is 0 Å². The van der Waals surface area contributed by atoms with Gasteiger partial charge < -0.3 is 10.6 Å². The van der Waals surface area contributed by atoms with Gasteiger partial charge in [-0.1, -0.05) is 18.2 Å². The second-order valence-corrected chi connectivity index (χ2v) is 5.26. The van der Waals surface area contributed by atoms with Crippen LogP contribution in [-0.4, -0.2) is 26.5 Å². The fraction of sp³-hybridized carbons (Fsp3) is 0.188. The summed E-state index contributed by atoms with van der Waals surface area (Å²) in [6, 6.07) is 11.6. The van der Waals surface area contributed by atoms with Gasteiger partial charge in [0.15, 0.2) is 5.65 Å². The topological polar surface area (TPSA) is 71.3 Å². The smallest absolute Gasteiger partial charge is 0.256 e. The molecule has 3 aromatic rings. The van der Waals surface area contributed by atoms with Crippen LogP contribution in [-0.2, 0) is 0 Å². The van der Waals surface area contributed by atoms with Crippen molar-refractivity contribution >= 4 is 23.1 Å². The van der Waals surface area contributed by atoms with Gasteiger partial charge in [-0.25, -0.2) is 9.50 Å². The zero-order valence-electron chi connectivity index (χ0n) is 12.4. The van der Waals surface area contributed by atoms with Crippen LogP contribution in [0, 0.1) is 0 Å². The molecule has 3 rings (SSSR count). The first kappa shape index (κ1) is 14.1. The van der Waals surface area contributed by atoms with E-state index in [1.165, 1.54) is 6.20 Å². The molecule has 0 atom stereocenters. The molecule has 2 N–H and O–H groups in total. The van der Waals surface area contributed by atoms with Crippen LogP contribution >= 0.6 is 0 Å². The summed E-state index contributed by atoms with van der Waals surface area (Å²) in [5.41, 5.74) is 1.93. The third-order valence-electron chi connectivity index (χ3n) is 3.08. The number of aromatic nitrogens is 3. The van der Waals surface area contributed by atoms with Gasteiger partial charge in [-0.15, -0.1) is 0 Å². The van der Waals surface area contributed by atoms with Crippen molar-refractivity contribution in [2.75, 3.05) is 5.32 Å². The van der Waals surface area contributed by atoms with Crippen LogP contribution in [0.25, 0.3) is 5.65 Å². The largest absolute Gasteiger partial charge is 0.350 e. The fourth-order valence-electron chi connectivity index (χ4n) is 2.11. The van der Waals surface area contributed by atoms with Crippen molar-refractivity contribution in [3.63, 3.8) is 0 Å². The Morgan fingerprint density at radius 1 is 1.18 bits per heavy atom. The molecule has 22 heavy (non-hydrogen) atoms. The maximum atomic E-state index is 12.2. The quantitative estimate of drug-likeness (QED) is 0.776. The van der Waals surface area contributed by atoms with Crippen molar-refractivity contribution in [1.29, 1.82) is 0 Å². The number of hydrogen-bond acceptors (Lipinski definition) is 4. The number of benzene rings is 1. The van der Waals surface area contributed by atoms with Crippen LogP contribution in [0.3, 0.4) is 0 Å². The van der Waals surface area contributed by atoms with Gasteiger partial charge in [0.05, 0.1) is 6.20 Å². The lowest BCUT2D eigenvalue weighted by atomic mass is 10.3. The summed E-state index contributed by atoms with van der Waals surface area (Å²) in [4.78, 5) is 16.7. The summed E-state index contributed by atoms with van der Waals surface area (Å²) in [6.45, 7) is 3.83. The lowest BCUT2D eigenvalue weighted by molar-refractivity contribution is 0.0944. The van der Waals surface area contributed by atoms with Crippen LogP contribution in [0.15, 0.2) is 48.8 Å². The van der Waals surface area contributed by atoms with Crippen molar-refractivity contribution < 1.29 is 4.79 Å². The van der Waals surface area contributed by atoms with Gasteiger partial charge in [-0.2, -0.15) is 5.10 Å². The highest BCUT2D eigenvalue weighted by Crippen LogP contribution is 2.16. The lowest BCUT2D eigenvalue weighted by Crippen LogP contribution is -2.30. The molecule has 0 saturated heterocycles. The predicted molar refractivity (Wildman–Crippen MR) is 85.3 cm³/mol. The number of carbonyl (C=O) groups excluding carboxylic acids is 1. The molecule has 0 unspecified atom stereocenters. The highest BCUT2D eigenvalue weighted by Gasteiger charge is 2.15. The number of hydrogen-bond donors (Lipinski definition) is 2. The molecule has 2 heterocycles. The first-order valence-electron chi connectivity index (χ1n) is 7.11. The number of carbonyl (C=O) groups is 1. The Morgan fingerprint density at radius 2 is 1.95 bits per heavy atom. The van der Waals surface area contributed by atoms with Gasteiger partial charge in [0.25, 0.3) is 5.91 Å². The number of nitrogens with zero attached hydrogens (tertiary/aromatic N) is 3. The summed E-state index contributed by atoms with van der Waals surface area (Å²) in [6.07, 6.45) is 3.31. The van der Waals surface area contributed by atoms with E-state index in [-0.39, 0.29) is 11.9 Å². The van der Waals surface area contributed by atoms with Gasteiger partial charge in [0.2, 0.25) is 0 Å². The number of fused-ring (bicyclic) bond motifs is 1. The van der Waals surface area contributed by atoms with Gasteiger partial charge in [0, 0.05) is 17.9 Å². The molecule has 0 aliphatic rings. The molecule has 6 nitrogen and oxygen atoms in total. The minimum Gasteiger partial charge on any atom is -0.350 e. The molecule has 1 amide bonds. The van der Waals surface area contributed by atoms with E-state index in [0.717, 1.165) is 5.69 Å². The third-order valence-corrected chi connectivity index (χ3v) is 3.08. The van der Waals surface area contributed by atoms with E-state index < -0.39 is 0 Å².